The van der Waals surface area contributed by atoms with Crippen molar-refractivity contribution in [3.8, 4) is 0 Å². The molecule has 3 unspecified atom stereocenters. The monoisotopic (exact) mass is 219 g/mol. The van der Waals surface area contributed by atoms with Gasteiger partial charge in [-0.3, -0.25) is 0 Å². The van der Waals surface area contributed by atoms with Crippen molar-refractivity contribution in [2.75, 3.05) is 12.4 Å². The minimum Gasteiger partial charge on any atom is -0.394 e. The maximum atomic E-state index is 9.22. The normalized spacial score (nSPS) is 33.2. The molecule has 0 aromatic carbocycles. The molecule has 1 saturated carbocycles. The fraction of sp³-hybridized carbons (Fsp3) is 1.00. The van der Waals surface area contributed by atoms with Gasteiger partial charge in [-0.25, -0.2) is 0 Å². The van der Waals surface area contributed by atoms with Crippen LogP contribution in [0.15, 0.2) is 0 Å². The Morgan fingerprint density at radius 2 is 2.21 bits per heavy atom. The molecule has 4 heteroatoms. The molecule has 0 saturated heterocycles. The second kappa shape index (κ2) is 4.84. The first kappa shape index (κ1) is 12.3. The van der Waals surface area contributed by atoms with Gasteiger partial charge < -0.3 is 15.9 Å². The van der Waals surface area contributed by atoms with E-state index >= 15 is 0 Å². The minimum absolute atomic E-state index is 0.154. The first-order chi connectivity index (χ1) is 6.47. The summed E-state index contributed by atoms with van der Waals surface area (Å²) in [6, 6.07) is 0.207. The molecular weight excluding hydrogens is 198 g/mol. The highest BCUT2D eigenvalue weighted by atomic mass is 32.2. The second-order valence-corrected chi connectivity index (χ2v) is 6.03. The Labute approximate surface area is 90.1 Å². The van der Waals surface area contributed by atoms with Crippen molar-refractivity contribution in [1.29, 1.82) is 0 Å². The van der Waals surface area contributed by atoms with E-state index < -0.39 is 6.10 Å². The number of nitrogens with two attached hydrogens (primary N) is 1. The number of rotatable bonds is 4. The summed E-state index contributed by atoms with van der Waals surface area (Å²) in [6.07, 6.45) is 1.67. The molecule has 3 atom stereocenters. The highest BCUT2D eigenvalue weighted by Gasteiger charge is 2.39. The van der Waals surface area contributed by atoms with E-state index in [1.807, 2.05) is 0 Å². The standard InChI is InChI=1S/C10H21NO2S/c1-10(2)4-3-8(9(10)11)14-6-7(13)5-12/h7-9,12-13H,3-6,11H2,1-2H3. The Bertz CT molecular complexity index is 187. The van der Waals surface area contributed by atoms with Gasteiger partial charge in [0.05, 0.1) is 12.7 Å². The van der Waals surface area contributed by atoms with E-state index in [9.17, 15) is 5.11 Å². The zero-order valence-electron chi connectivity index (χ0n) is 8.94. The molecule has 0 amide bonds. The lowest BCUT2D eigenvalue weighted by atomic mass is 9.88. The summed E-state index contributed by atoms with van der Waals surface area (Å²) in [7, 11) is 0. The minimum atomic E-state index is -0.601. The van der Waals surface area contributed by atoms with Crippen molar-refractivity contribution in [3.63, 3.8) is 0 Å². The molecule has 3 nitrogen and oxygen atoms in total. The fourth-order valence-electron chi connectivity index (χ4n) is 1.84. The van der Waals surface area contributed by atoms with Crippen LogP contribution < -0.4 is 5.73 Å². The van der Waals surface area contributed by atoms with Crippen LogP contribution in [0.4, 0.5) is 0 Å². The van der Waals surface area contributed by atoms with Gasteiger partial charge >= 0.3 is 0 Å². The van der Waals surface area contributed by atoms with Crippen LogP contribution in [0.2, 0.25) is 0 Å². The van der Waals surface area contributed by atoms with Gasteiger partial charge in [0.15, 0.2) is 0 Å². The molecular formula is C10H21NO2S. The molecule has 1 aliphatic rings. The topological polar surface area (TPSA) is 66.5 Å². The molecule has 0 heterocycles. The van der Waals surface area contributed by atoms with E-state index in [1.165, 1.54) is 0 Å². The van der Waals surface area contributed by atoms with Crippen molar-refractivity contribution in [3.05, 3.63) is 0 Å². The van der Waals surface area contributed by atoms with Gasteiger partial charge in [0, 0.05) is 17.0 Å². The van der Waals surface area contributed by atoms with E-state index in [0.717, 1.165) is 12.8 Å². The largest absolute Gasteiger partial charge is 0.394 e. The highest BCUT2D eigenvalue weighted by Crippen LogP contribution is 2.41. The fourth-order valence-corrected chi connectivity index (χ4v) is 3.27. The number of hydrogen-bond donors (Lipinski definition) is 3. The highest BCUT2D eigenvalue weighted by molar-refractivity contribution is 8.00. The predicted molar refractivity (Wildman–Crippen MR) is 60.3 cm³/mol. The molecule has 0 radical (unpaired) electrons. The third kappa shape index (κ3) is 2.86. The van der Waals surface area contributed by atoms with Crippen molar-refractivity contribution in [1.82, 2.24) is 0 Å². The Morgan fingerprint density at radius 3 is 2.64 bits per heavy atom. The van der Waals surface area contributed by atoms with Gasteiger partial charge in [-0.15, -0.1) is 0 Å². The van der Waals surface area contributed by atoms with E-state index in [2.05, 4.69) is 13.8 Å². The van der Waals surface area contributed by atoms with Gasteiger partial charge in [0.1, 0.15) is 0 Å². The van der Waals surface area contributed by atoms with Crippen LogP contribution in [0.25, 0.3) is 0 Å². The van der Waals surface area contributed by atoms with Crippen molar-refractivity contribution < 1.29 is 10.2 Å². The molecule has 0 aromatic rings. The molecule has 4 N–H and O–H groups in total. The molecule has 1 aliphatic carbocycles. The van der Waals surface area contributed by atoms with Crippen LogP contribution in [-0.2, 0) is 0 Å². The lowest BCUT2D eigenvalue weighted by Crippen LogP contribution is -2.39. The molecule has 84 valence electrons. The SMILES string of the molecule is CC1(C)CCC(SCC(O)CO)C1N. The maximum Gasteiger partial charge on any atom is 0.0861 e. The predicted octanol–water partition coefficient (Wildman–Crippen LogP) is 0.589. The second-order valence-electron chi connectivity index (χ2n) is 4.76. The Balaban J connectivity index is 2.34. The zero-order valence-corrected chi connectivity index (χ0v) is 9.76. The molecule has 0 bridgehead atoms. The molecule has 1 rings (SSSR count). The summed E-state index contributed by atoms with van der Waals surface area (Å²) in [5.41, 5.74) is 6.34. The summed E-state index contributed by atoms with van der Waals surface area (Å²) in [4.78, 5) is 0. The smallest absolute Gasteiger partial charge is 0.0861 e. The summed E-state index contributed by atoms with van der Waals surface area (Å²) >= 11 is 1.69. The van der Waals surface area contributed by atoms with E-state index in [-0.39, 0.29) is 18.1 Å². The van der Waals surface area contributed by atoms with E-state index in [0.29, 0.717) is 11.0 Å². The lowest BCUT2D eigenvalue weighted by molar-refractivity contribution is 0.113. The number of hydrogen-bond acceptors (Lipinski definition) is 4. The van der Waals surface area contributed by atoms with E-state index in [4.69, 9.17) is 10.8 Å². The van der Waals surface area contributed by atoms with E-state index in [1.54, 1.807) is 11.8 Å². The van der Waals surface area contributed by atoms with Crippen LogP contribution in [0.1, 0.15) is 26.7 Å². The summed E-state index contributed by atoms with van der Waals surface area (Å²) in [5, 5.41) is 18.3. The number of thioether (sulfide) groups is 1. The molecule has 14 heavy (non-hydrogen) atoms. The number of aliphatic hydroxyl groups excluding tert-OH is 2. The van der Waals surface area contributed by atoms with Crippen molar-refractivity contribution >= 4 is 11.8 Å². The number of aliphatic hydroxyl groups is 2. The zero-order chi connectivity index (χ0) is 10.8. The molecule has 0 aliphatic heterocycles. The van der Waals surface area contributed by atoms with Gasteiger partial charge in [0.25, 0.3) is 0 Å². The third-order valence-electron chi connectivity index (χ3n) is 3.09. The first-order valence-corrected chi connectivity index (χ1v) is 6.18. The van der Waals surface area contributed by atoms with Gasteiger partial charge in [-0.2, -0.15) is 11.8 Å². The van der Waals surface area contributed by atoms with Gasteiger partial charge in [0.2, 0.25) is 0 Å². The maximum absolute atomic E-state index is 9.22. The van der Waals surface area contributed by atoms with Gasteiger partial charge in [-0.05, 0) is 18.3 Å². The summed E-state index contributed by atoms with van der Waals surface area (Å²) in [6.45, 7) is 4.24. The van der Waals surface area contributed by atoms with Crippen LogP contribution >= 0.6 is 11.8 Å². The summed E-state index contributed by atoms with van der Waals surface area (Å²) < 4.78 is 0. The van der Waals surface area contributed by atoms with Crippen LogP contribution in [0.3, 0.4) is 0 Å². The molecule has 0 spiro atoms. The Morgan fingerprint density at radius 1 is 1.57 bits per heavy atom. The lowest BCUT2D eigenvalue weighted by Gasteiger charge is -2.26. The molecule has 1 fully saturated rings. The third-order valence-corrected chi connectivity index (χ3v) is 4.62. The van der Waals surface area contributed by atoms with Crippen molar-refractivity contribution in [2.24, 2.45) is 11.1 Å². The average molecular weight is 219 g/mol. The first-order valence-electron chi connectivity index (χ1n) is 5.13. The van der Waals surface area contributed by atoms with Crippen LogP contribution in [-0.4, -0.2) is 40.0 Å². The Hall–Kier alpha value is 0.230. The molecule has 0 aromatic heterocycles. The average Bonchev–Trinajstić information content (AvgIpc) is 2.40. The Kier molecular flexibility index (Phi) is 4.25. The van der Waals surface area contributed by atoms with Crippen LogP contribution in [0.5, 0.6) is 0 Å². The quantitative estimate of drug-likeness (QED) is 0.647. The van der Waals surface area contributed by atoms with Gasteiger partial charge in [-0.1, -0.05) is 13.8 Å². The van der Waals surface area contributed by atoms with Crippen molar-refractivity contribution in [2.45, 2.75) is 44.1 Å². The summed E-state index contributed by atoms with van der Waals surface area (Å²) in [5.74, 6) is 0.588. The van der Waals surface area contributed by atoms with Crippen LogP contribution in [0, 0.1) is 5.41 Å².